The van der Waals surface area contributed by atoms with Crippen molar-refractivity contribution >= 4 is 35.7 Å². The molecule has 3 aromatic carbocycles. The Labute approximate surface area is 334 Å². The molecule has 3 atom stereocenters. The van der Waals surface area contributed by atoms with Crippen LogP contribution in [-0.2, 0) is 40.1 Å². The number of hydrogen-bond acceptors (Lipinski definition) is 8. The highest BCUT2D eigenvalue weighted by molar-refractivity contribution is 5.97. The zero-order valence-corrected chi connectivity index (χ0v) is 33.6. The van der Waals surface area contributed by atoms with Gasteiger partial charge < -0.3 is 41.1 Å². The predicted molar refractivity (Wildman–Crippen MR) is 214 cm³/mol. The van der Waals surface area contributed by atoms with Gasteiger partial charge in [-0.3, -0.25) is 19.2 Å². The van der Waals surface area contributed by atoms with E-state index in [0.717, 1.165) is 16.7 Å². The number of nitrogens with one attached hydrogen (secondary N) is 4. The Kier molecular flexibility index (Phi) is 17.2. The number of esters is 1. The van der Waals surface area contributed by atoms with Crippen LogP contribution in [0.4, 0.5) is 4.79 Å². The summed E-state index contributed by atoms with van der Waals surface area (Å²) in [4.78, 5) is 81.6. The second kappa shape index (κ2) is 21.5. The number of rotatable bonds is 17. The summed E-state index contributed by atoms with van der Waals surface area (Å²) < 4.78 is 10.7. The second-order valence-electron chi connectivity index (χ2n) is 15.3. The van der Waals surface area contributed by atoms with Gasteiger partial charge in [-0.1, -0.05) is 119 Å². The van der Waals surface area contributed by atoms with E-state index in [9.17, 15) is 28.8 Å². The minimum Gasteiger partial charge on any atom is -0.454 e. The van der Waals surface area contributed by atoms with E-state index < -0.39 is 77.9 Å². The van der Waals surface area contributed by atoms with Crippen LogP contribution >= 0.6 is 0 Å². The fourth-order valence-corrected chi connectivity index (χ4v) is 6.53. The van der Waals surface area contributed by atoms with Gasteiger partial charge in [0.25, 0.3) is 5.91 Å². The maximum Gasteiger partial charge on any atom is 0.408 e. The van der Waals surface area contributed by atoms with Crippen LogP contribution in [0.15, 0.2) is 91.0 Å². The van der Waals surface area contributed by atoms with Crippen LogP contribution < -0.4 is 21.3 Å². The van der Waals surface area contributed by atoms with Gasteiger partial charge in [0.1, 0.15) is 30.3 Å². The van der Waals surface area contributed by atoms with Gasteiger partial charge in [-0.2, -0.15) is 0 Å². The van der Waals surface area contributed by atoms with E-state index in [0.29, 0.717) is 19.3 Å². The maximum absolute atomic E-state index is 14.0. The third-order valence-electron chi connectivity index (χ3n) is 9.45. The van der Waals surface area contributed by atoms with Crippen molar-refractivity contribution in [3.8, 4) is 0 Å². The molecule has 4 rings (SSSR count). The van der Waals surface area contributed by atoms with E-state index in [1.54, 1.807) is 27.7 Å². The summed E-state index contributed by atoms with van der Waals surface area (Å²) >= 11 is 0. The highest BCUT2D eigenvalue weighted by Crippen LogP contribution is 2.24. The molecule has 57 heavy (non-hydrogen) atoms. The summed E-state index contributed by atoms with van der Waals surface area (Å²) in [6.45, 7) is 10.1. The van der Waals surface area contributed by atoms with Crippen LogP contribution in [0, 0.1) is 11.8 Å². The SMILES string of the molecule is CC(C)C[C@H](NC(=O)OCc1ccccc1)C(=O)NC(C)(C)C(=O)N1CCC[C@H]1C(=O)N[C@H](C(=O)OCC(=O)NC(c1ccccc1)c1ccccc1)C(C)C.O. The van der Waals surface area contributed by atoms with Gasteiger partial charge in [0.05, 0.1) is 6.04 Å². The first-order valence-electron chi connectivity index (χ1n) is 19.1. The molecule has 6 N–H and O–H groups in total. The average molecular weight is 788 g/mol. The van der Waals surface area contributed by atoms with E-state index in [-0.39, 0.29) is 24.5 Å². The number of alkyl carbamates (subject to hydrolysis) is 1. The van der Waals surface area contributed by atoms with Gasteiger partial charge >= 0.3 is 12.1 Å². The minimum absolute atomic E-state index is 0. The summed E-state index contributed by atoms with van der Waals surface area (Å²) in [5, 5.41) is 11.1. The first kappa shape index (κ1) is 45.6. The zero-order chi connectivity index (χ0) is 40.8. The highest BCUT2D eigenvalue weighted by Gasteiger charge is 2.43. The number of likely N-dealkylation sites (tertiary alicyclic amines) is 1. The largest absolute Gasteiger partial charge is 0.454 e. The first-order valence-corrected chi connectivity index (χ1v) is 19.1. The van der Waals surface area contributed by atoms with Crippen molar-refractivity contribution in [2.24, 2.45) is 11.8 Å². The molecule has 1 aliphatic heterocycles. The van der Waals surface area contributed by atoms with Crippen LogP contribution in [-0.4, -0.2) is 82.9 Å². The third-order valence-corrected chi connectivity index (χ3v) is 9.45. The molecule has 1 heterocycles. The molecule has 308 valence electrons. The number of carbonyl (C=O) groups excluding carboxylic acids is 6. The molecule has 1 aliphatic rings. The fraction of sp³-hybridized carbons (Fsp3) is 0.442. The van der Waals surface area contributed by atoms with Crippen LogP contribution in [0.5, 0.6) is 0 Å². The molecule has 3 aromatic rings. The number of ether oxygens (including phenoxy) is 2. The Morgan fingerprint density at radius 1 is 0.772 bits per heavy atom. The normalized spacial score (nSPS) is 14.9. The summed E-state index contributed by atoms with van der Waals surface area (Å²) in [6.07, 6.45) is 0.395. The molecule has 0 bridgehead atoms. The third kappa shape index (κ3) is 13.4. The highest BCUT2D eigenvalue weighted by atomic mass is 16.5. The van der Waals surface area contributed by atoms with Gasteiger partial charge in [-0.05, 0) is 61.6 Å². The van der Waals surface area contributed by atoms with Crippen molar-refractivity contribution in [1.29, 1.82) is 0 Å². The molecule has 0 aliphatic carbocycles. The minimum atomic E-state index is -1.45. The van der Waals surface area contributed by atoms with Gasteiger partial charge in [0, 0.05) is 6.54 Å². The molecule has 0 unspecified atom stereocenters. The monoisotopic (exact) mass is 787 g/mol. The Morgan fingerprint density at radius 3 is 1.88 bits per heavy atom. The molecule has 0 spiro atoms. The molecule has 1 saturated heterocycles. The predicted octanol–water partition coefficient (Wildman–Crippen LogP) is 3.98. The van der Waals surface area contributed by atoms with Crippen molar-refractivity contribution in [3.05, 3.63) is 108 Å². The number of carbonyl (C=O) groups is 6. The van der Waals surface area contributed by atoms with E-state index in [1.807, 2.05) is 105 Å². The summed E-state index contributed by atoms with van der Waals surface area (Å²) in [7, 11) is 0. The van der Waals surface area contributed by atoms with Crippen molar-refractivity contribution in [1.82, 2.24) is 26.2 Å². The maximum atomic E-state index is 14.0. The molecule has 5 amide bonds. The second-order valence-corrected chi connectivity index (χ2v) is 15.3. The van der Waals surface area contributed by atoms with Gasteiger partial charge in [0.15, 0.2) is 6.61 Å². The van der Waals surface area contributed by atoms with Crippen molar-refractivity contribution in [2.75, 3.05) is 13.2 Å². The van der Waals surface area contributed by atoms with Crippen molar-refractivity contribution < 1.29 is 43.7 Å². The average Bonchev–Trinajstić information content (AvgIpc) is 3.67. The zero-order valence-electron chi connectivity index (χ0n) is 33.6. The van der Waals surface area contributed by atoms with Gasteiger partial charge in [-0.15, -0.1) is 0 Å². The Morgan fingerprint density at radius 2 is 1.33 bits per heavy atom. The van der Waals surface area contributed by atoms with E-state index in [2.05, 4.69) is 21.3 Å². The number of nitrogens with zero attached hydrogens (tertiary/aromatic N) is 1. The lowest BCUT2D eigenvalue weighted by Gasteiger charge is -2.35. The first-order chi connectivity index (χ1) is 26.7. The fourth-order valence-electron chi connectivity index (χ4n) is 6.53. The summed E-state index contributed by atoms with van der Waals surface area (Å²) in [6, 6.07) is 24.5. The quantitative estimate of drug-likeness (QED) is 0.147. The van der Waals surface area contributed by atoms with E-state index >= 15 is 0 Å². The van der Waals surface area contributed by atoms with Gasteiger partial charge in [-0.25, -0.2) is 9.59 Å². The van der Waals surface area contributed by atoms with Crippen LogP contribution in [0.3, 0.4) is 0 Å². The number of benzene rings is 3. The number of hydrogen-bond donors (Lipinski definition) is 4. The summed E-state index contributed by atoms with van der Waals surface area (Å²) in [5.74, 6) is -3.29. The van der Waals surface area contributed by atoms with Crippen molar-refractivity contribution in [2.45, 2.75) is 97.1 Å². The summed E-state index contributed by atoms with van der Waals surface area (Å²) in [5.41, 5.74) is 1.05. The molecular weight excluding hydrogens is 730 g/mol. The molecular formula is C43H57N5O9. The molecule has 14 nitrogen and oxygen atoms in total. The molecule has 1 fully saturated rings. The Balaban J connectivity index is 0.00000870. The van der Waals surface area contributed by atoms with Crippen LogP contribution in [0.1, 0.15) is 83.5 Å². The van der Waals surface area contributed by atoms with Crippen LogP contribution in [0.25, 0.3) is 0 Å². The van der Waals surface area contributed by atoms with Gasteiger partial charge in [0.2, 0.25) is 17.7 Å². The smallest absolute Gasteiger partial charge is 0.408 e. The Bertz CT molecular complexity index is 1750. The number of amides is 5. The molecule has 0 saturated carbocycles. The van der Waals surface area contributed by atoms with Crippen molar-refractivity contribution in [3.63, 3.8) is 0 Å². The standard InChI is InChI=1S/C43H55N5O8.H2O/c1-28(2)25-33(44-42(54)56-26-30-17-10-7-11-18-30)38(50)47-43(5,6)41(53)48-24-16-23-34(48)39(51)46-36(29(3)4)40(52)55-27-35(49)45-37(31-19-12-8-13-20-31)32-21-14-9-15-22-32;/h7-15,17-22,28-29,33-34,36-37H,16,23-27H2,1-6H3,(H,44,54)(H,45,49)(H,46,51)(H,47,50);1H2/t33-,34-,36-;/m0./s1. The lowest BCUT2D eigenvalue weighted by Crippen LogP contribution is -2.62. The lowest BCUT2D eigenvalue weighted by atomic mass is 9.98. The van der Waals surface area contributed by atoms with E-state index in [4.69, 9.17) is 9.47 Å². The Hall–Kier alpha value is -5.76. The molecule has 0 radical (unpaired) electrons. The molecule has 14 heteroatoms. The van der Waals surface area contributed by atoms with Crippen LogP contribution in [0.2, 0.25) is 0 Å². The lowest BCUT2D eigenvalue weighted by molar-refractivity contribution is -0.153. The molecule has 0 aromatic heterocycles. The topological polar surface area (TPSA) is 204 Å². The van der Waals surface area contributed by atoms with E-state index in [1.165, 1.54) is 4.90 Å².